The normalized spacial score (nSPS) is 16.1. The fourth-order valence-electron chi connectivity index (χ4n) is 2.28. The number of rotatable bonds is 3. The largest absolute Gasteiger partial charge is 0.478 e. The van der Waals surface area contributed by atoms with Crippen LogP contribution in [0.25, 0.3) is 0 Å². The molecule has 2 aromatic carbocycles. The lowest BCUT2D eigenvalue weighted by molar-refractivity contribution is -0.128. The first-order chi connectivity index (χ1) is 11.0. The molecule has 5 nitrogen and oxygen atoms in total. The summed E-state index contributed by atoms with van der Waals surface area (Å²) in [5.74, 6) is -0.0211. The summed E-state index contributed by atoms with van der Waals surface area (Å²) < 4.78 is 6.53. The van der Waals surface area contributed by atoms with Crippen LogP contribution in [-0.4, -0.2) is 17.9 Å². The van der Waals surface area contributed by atoms with Crippen molar-refractivity contribution in [3.63, 3.8) is 0 Å². The average Bonchev–Trinajstić information content (AvgIpc) is 2.51. The van der Waals surface area contributed by atoms with E-state index in [1.54, 1.807) is 12.1 Å². The van der Waals surface area contributed by atoms with Gasteiger partial charge >= 0.3 is 0 Å². The van der Waals surface area contributed by atoms with Crippen LogP contribution in [0.1, 0.15) is 12.0 Å². The van der Waals surface area contributed by atoms with Gasteiger partial charge in [0.25, 0.3) is 5.91 Å². The van der Waals surface area contributed by atoms with E-state index in [-0.39, 0.29) is 18.2 Å². The molecular formula is C17H15BrN2O3. The van der Waals surface area contributed by atoms with Crippen LogP contribution in [0.15, 0.2) is 46.9 Å². The Labute approximate surface area is 142 Å². The van der Waals surface area contributed by atoms with E-state index in [0.717, 1.165) is 10.0 Å². The van der Waals surface area contributed by atoms with Crippen molar-refractivity contribution in [2.45, 2.75) is 19.4 Å². The third kappa shape index (κ3) is 3.53. The number of amides is 2. The second-order valence-corrected chi connectivity index (χ2v) is 6.16. The van der Waals surface area contributed by atoms with Crippen LogP contribution < -0.4 is 15.4 Å². The van der Waals surface area contributed by atoms with Gasteiger partial charge in [-0.1, -0.05) is 34.1 Å². The zero-order valence-corrected chi connectivity index (χ0v) is 14.0. The highest BCUT2D eigenvalue weighted by molar-refractivity contribution is 9.10. The van der Waals surface area contributed by atoms with E-state index in [0.29, 0.717) is 17.1 Å². The van der Waals surface area contributed by atoms with Gasteiger partial charge < -0.3 is 15.4 Å². The molecule has 0 radical (unpaired) electrons. The minimum atomic E-state index is -0.834. The minimum Gasteiger partial charge on any atom is -0.478 e. The van der Waals surface area contributed by atoms with Crippen molar-refractivity contribution in [3.05, 3.63) is 52.5 Å². The van der Waals surface area contributed by atoms with Crippen molar-refractivity contribution in [1.82, 2.24) is 0 Å². The van der Waals surface area contributed by atoms with Crippen LogP contribution >= 0.6 is 15.9 Å². The van der Waals surface area contributed by atoms with E-state index in [1.807, 2.05) is 37.3 Å². The molecule has 0 spiro atoms. The lowest BCUT2D eigenvalue weighted by Crippen LogP contribution is -2.39. The highest BCUT2D eigenvalue weighted by Crippen LogP contribution is 2.29. The fourth-order valence-corrected chi connectivity index (χ4v) is 2.66. The summed E-state index contributed by atoms with van der Waals surface area (Å²) in [6.07, 6.45) is -0.884. The van der Waals surface area contributed by atoms with Crippen LogP contribution in [0.5, 0.6) is 5.75 Å². The van der Waals surface area contributed by atoms with Gasteiger partial charge in [-0.15, -0.1) is 0 Å². The highest BCUT2D eigenvalue weighted by atomic mass is 79.9. The van der Waals surface area contributed by atoms with E-state index in [4.69, 9.17) is 4.74 Å². The summed E-state index contributed by atoms with van der Waals surface area (Å²) in [6.45, 7) is 1.97. The molecule has 1 heterocycles. The topological polar surface area (TPSA) is 67.4 Å². The molecule has 2 N–H and O–H groups in total. The van der Waals surface area contributed by atoms with E-state index in [2.05, 4.69) is 26.6 Å². The molecule has 2 aromatic rings. The number of carbonyl (C=O) groups excluding carboxylic acids is 2. The van der Waals surface area contributed by atoms with Gasteiger partial charge in [-0.2, -0.15) is 0 Å². The van der Waals surface area contributed by atoms with Gasteiger partial charge in [-0.3, -0.25) is 9.59 Å². The van der Waals surface area contributed by atoms with Crippen molar-refractivity contribution in [1.29, 1.82) is 0 Å². The van der Waals surface area contributed by atoms with E-state index < -0.39 is 6.10 Å². The first-order valence-electron chi connectivity index (χ1n) is 7.15. The number of anilines is 2. The zero-order valence-electron chi connectivity index (χ0n) is 12.4. The van der Waals surface area contributed by atoms with Gasteiger partial charge in [0.15, 0.2) is 6.10 Å². The van der Waals surface area contributed by atoms with E-state index >= 15 is 0 Å². The molecule has 1 unspecified atom stereocenters. The number of carbonyl (C=O) groups is 2. The molecule has 6 heteroatoms. The van der Waals surface area contributed by atoms with Gasteiger partial charge in [0, 0.05) is 10.2 Å². The van der Waals surface area contributed by atoms with Crippen molar-refractivity contribution in [3.8, 4) is 5.75 Å². The number of halogens is 1. The predicted octanol–water partition coefficient (Wildman–Crippen LogP) is 3.49. The molecule has 0 fully saturated rings. The Morgan fingerprint density at radius 3 is 2.87 bits per heavy atom. The number of aryl methyl sites for hydroxylation is 1. The summed E-state index contributed by atoms with van der Waals surface area (Å²) in [5, 5.41) is 5.52. The molecule has 0 bridgehead atoms. The molecule has 0 saturated carbocycles. The minimum absolute atomic E-state index is 0.0499. The second-order valence-electron chi connectivity index (χ2n) is 5.31. The Hall–Kier alpha value is -2.34. The van der Waals surface area contributed by atoms with Crippen molar-refractivity contribution >= 4 is 39.1 Å². The number of nitrogens with one attached hydrogen (secondary N) is 2. The van der Waals surface area contributed by atoms with Crippen LogP contribution in [0, 0.1) is 6.92 Å². The summed E-state index contributed by atoms with van der Waals surface area (Å²) in [5.41, 5.74) is 2.37. The maximum atomic E-state index is 12.1. The third-order valence-corrected chi connectivity index (χ3v) is 4.39. The molecule has 2 amide bonds. The average molecular weight is 375 g/mol. The lowest BCUT2D eigenvalue weighted by atomic mass is 10.1. The summed E-state index contributed by atoms with van der Waals surface area (Å²) >= 11 is 3.42. The maximum absolute atomic E-state index is 12.1. The Bertz CT molecular complexity index is 776. The molecule has 1 aliphatic heterocycles. The number of para-hydroxylation sites is 2. The second kappa shape index (κ2) is 6.42. The molecule has 23 heavy (non-hydrogen) atoms. The Morgan fingerprint density at radius 2 is 2.09 bits per heavy atom. The molecule has 0 aliphatic carbocycles. The van der Waals surface area contributed by atoms with Crippen molar-refractivity contribution in [2.75, 3.05) is 10.6 Å². The predicted molar refractivity (Wildman–Crippen MR) is 91.6 cm³/mol. The van der Waals surface area contributed by atoms with Gasteiger partial charge in [-0.05, 0) is 36.8 Å². The number of benzene rings is 2. The zero-order chi connectivity index (χ0) is 16.4. The van der Waals surface area contributed by atoms with Crippen LogP contribution in [-0.2, 0) is 9.59 Å². The Balaban J connectivity index is 1.66. The summed E-state index contributed by atoms with van der Waals surface area (Å²) in [6, 6.07) is 12.7. The van der Waals surface area contributed by atoms with E-state index in [1.165, 1.54) is 0 Å². The van der Waals surface area contributed by atoms with Crippen LogP contribution in [0.2, 0.25) is 0 Å². The SMILES string of the molecule is Cc1ccc(NC(=O)CC2Oc3ccccc3NC2=O)cc1Br. The standard InChI is InChI=1S/C17H15BrN2O3/c1-10-6-7-11(8-12(10)18)19-16(21)9-15-17(22)20-13-4-2-3-5-14(13)23-15/h2-8,15H,9H2,1H3,(H,19,21)(H,20,22). The molecule has 3 rings (SSSR count). The summed E-state index contributed by atoms with van der Waals surface area (Å²) in [4.78, 5) is 24.2. The Morgan fingerprint density at radius 1 is 1.30 bits per heavy atom. The number of hydrogen-bond acceptors (Lipinski definition) is 3. The third-order valence-electron chi connectivity index (χ3n) is 3.53. The number of hydrogen-bond donors (Lipinski definition) is 2. The van der Waals surface area contributed by atoms with Gasteiger partial charge in [-0.25, -0.2) is 0 Å². The first kappa shape index (κ1) is 15.6. The Kier molecular flexibility index (Phi) is 4.34. The highest BCUT2D eigenvalue weighted by Gasteiger charge is 2.29. The maximum Gasteiger partial charge on any atom is 0.266 e. The number of fused-ring (bicyclic) bond motifs is 1. The van der Waals surface area contributed by atoms with Gasteiger partial charge in [0.2, 0.25) is 5.91 Å². The lowest BCUT2D eigenvalue weighted by Gasteiger charge is -2.25. The quantitative estimate of drug-likeness (QED) is 0.863. The monoisotopic (exact) mass is 374 g/mol. The molecule has 1 aliphatic rings. The molecular weight excluding hydrogens is 360 g/mol. The summed E-state index contributed by atoms with van der Waals surface area (Å²) in [7, 11) is 0. The van der Waals surface area contributed by atoms with Gasteiger partial charge in [0.1, 0.15) is 5.75 Å². The van der Waals surface area contributed by atoms with Gasteiger partial charge in [0.05, 0.1) is 12.1 Å². The van der Waals surface area contributed by atoms with Crippen LogP contribution in [0.3, 0.4) is 0 Å². The van der Waals surface area contributed by atoms with E-state index in [9.17, 15) is 9.59 Å². The fraction of sp³-hybridized carbons (Fsp3) is 0.176. The molecule has 0 aromatic heterocycles. The van der Waals surface area contributed by atoms with Crippen molar-refractivity contribution in [2.24, 2.45) is 0 Å². The van der Waals surface area contributed by atoms with Crippen LogP contribution in [0.4, 0.5) is 11.4 Å². The first-order valence-corrected chi connectivity index (χ1v) is 7.95. The number of ether oxygens (including phenoxy) is 1. The smallest absolute Gasteiger partial charge is 0.266 e. The van der Waals surface area contributed by atoms with Crippen molar-refractivity contribution < 1.29 is 14.3 Å². The molecule has 1 atom stereocenters. The molecule has 0 saturated heterocycles. The molecule has 118 valence electrons.